The first-order valence-corrected chi connectivity index (χ1v) is 8.38. The molecule has 1 unspecified atom stereocenters. The van der Waals surface area contributed by atoms with Crippen LogP contribution in [-0.4, -0.2) is 47.3 Å². The molecule has 0 saturated carbocycles. The summed E-state index contributed by atoms with van der Waals surface area (Å²) in [6, 6.07) is -0.999. The van der Waals surface area contributed by atoms with Crippen molar-refractivity contribution < 1.29 is 28.6 Å². The van der Waals surface area contributed by atoms with Crippen LogP contribution in [0.1, 0.15) is 68.7 Å². The predicted octanol–water partition coefficient (Wildman–Crippen LogP) is 2.36. The van der Waals surface area contributed by atoms with E-state index in [1.165, 1.54) is 0 Å². The van der Waals surface area contributed by atoms with Crippen molar-refractivity contribution in [3.63, 3.8) is 0 Å². The van der Waals surface area contributed by atoms with E-state index >= 15 is 0 Å². The van der Waals surface area contributed by atoms with E-state index in [1.54, 1.807) is 62.3 Å². The van der Waals surface area contributed by atoms with Gasteiger partial charge < -0.3 is 14.2 Å². The third kappa shape index (κ3) is 13.3. The fourth-order valence-electron chi connectivity index (χ4n) is 1.75. The number of rotatable bonds is 6. The number of esters is 3. The summed E-state index contributed by atoms with van der Waals surface area (Å²) in [4.78, 5) is 36.2. The highest BCUT2D eigenvalue weighted by atomic mass is 16.6. The highest BCUT2D eigenvalue weighted by Crippen LogP contribution is 2.13. The first-order valence-electron chi connectivity index (χ1n) is 8.38. The Kier molecular flexibility index (Phi) is 8.08. The Morgan fingerprint density at radius 2 is 1.12 bits per heavy atom. The molecule has 0 saturated heterocycles. The molecule has 0 heterocycles. The molecule has 1 atom stereocenters. The maximum atomic E-state index is 12.3. The molecule has 0 radical (unpaired) electrons. The van der Waals surface area contributed by atoms with Crippen molar-refractivity contribution in [1.82, 2.24) is 5.32 Å². The van der Waals surface area contributed by atoms with Gasteiger partial charge in [0.25, 0.3) is 0 Å². The third-order valence-electron chi connectivity index (χ3n) is 2.39. The van der Waals surface area contributed by atoms with Gasteiger partial charge in [-0.05, 0) is 62.3 Å². The summed E-state index contributed by atoms with van der Waals surface area (Å²) in [6.07, 6.45) is -0.241. The van der Waals surface area contributed by atoms with E-state index < -0.39 is 40.8 Å². The minimum atomic E-state index is -0.999. The predicted molar refractivity (Wildman–Crippen MR) is 93.9 cm³/mol. The van der Waals surface area contributed by atoms with Gasteiger partial charge in [0.1, 0.15) is 22.8 Å². The molecule has 0 aliphatic rings. The van der Waals surface area contributed by atoms with Gasteiger partial charge in [-0.2, -0.15) is 0 Å². The molecule has 0 aromatic carbocycles. The molecule has 0 bridgehead atoms. The summed E-state index contributed by atoms with van der Waals surface area (Å²) in [5, 5.41) is 2.73. The van der Waals surface area contributed by atoms with E-state index in [1.807, 2.05) is 0 Å². The third-order valence-corrected chi connectivity index (χ3v) is 2.39. The molecule has 0 aromatic rings. The van der Waals surface area contributed by atoms with Crippen LogP contribution in [0.15, 0.2) is 0 Å². The van der Waals surface area contributed by atoms with Crippen molar-refractivity contribution in [2.45, 2.75) is 91.6 Å². The summed E-state index contributed by atoms with van der Waals surface area (Å²) >= 11 is 0. The van der Waals surface area contributed by atoms with Gasteiger partial charge in [-0.15, -0.1) is 0 Å². The van der Waals surface area contributed by atoms with Crippen LogP contribution in [0.3, 0.4) is 0 Å². The molecule has 146 valence electrons. The molecule has 0 amide bonds. The lowest BCUT2D eigenvalue weighted by Gasteiger charge is -2.26. The molecule has 25 heavy (non-hydrogen) atoms. The number of hydrogen-bond donors (Lipinski definition) is 1. The minimum absolute atomic E-state index is 0.218. The molecule has 0 rings (SSSR count). The number of ether oxygens (including phenoxy) is 3. The summed E-state index contributed by atoms with van der Waals surface area (Å²) in [5.74, 6) is -1.70. The Hall–Kier alpha value is -1.63. The van der Waals surface area contributed by atoms with Crippen molar-refractivity contribution in [2.24, 2.45) is 0 Å². The lowest BCUT2D eigenvalue weighted by atomic mass is 10.1. The molecule has 0 aromatic heterocycles. The van der Waals surface area contributed by atoms with Crippen molar-refractivity contribution in [1.29, 1.82) is 0 Å². The Morgan fingerprint density at radius 1 is 0.720 bits per heavy atom. The van der Waals surface area contributed by atoms with Crippen LogP contribution in [0.2, 0.25) is 0 Å². The zero-order chi connectivity index (χ0) is 20.1. The van der Waals surface area contributed by atoms with Gasteiger partial charge in [-0.25, -0.2) is 0 Å². The SMILES string of the molecule is CC(C)(C)OC(=O)CNC(CC(=O)OC(C)(C)C)C(=O)OC(C)(C)C. The van der Waals surface area contributed by atoms with E-state index in [4.69, 9.17) is 14.2 Å². The molecule has 0 aliphatic heterocycles. The van der Waals surface area contributed by atoms with Gasteiger partial charge >= 0.3 is 17.9 Å². The Labute approximate surface area is 150 Å². The topological polar surface area (TPSA) is 90.9 Å². The van der Waals surface area contributed by atoms with Gasteiger partial charge in [-0.3, -0.25) is 19.7 Å². The van der Waals surface area contributed by atoms with Crippen molar-refractivity contribution in [2.75, 3.05) is 6.54 Å². The van der Waals surface area contributed by atoms with Gasteiger partial charge in [0.05, 0.1) is 13.0 Å². The van der Waals surface area contributed by atoms with E-state index in [0.29, 0.717) is 0 Å². The second-order valence-electron chi connectivity index (χ2n) is 8.84. The van der Waals surface area contributed by atoms with E-state index in [2.05, 4.69) is 5.32 Å². The maximum absolute atomic E-state index is 12.3. The summed E-state index contributed by atoms with van der Waals surface area (Å²) in [6.45, 7) is 15.4. The van der Waals surface area contributed by atoms with Gasteiger partial charge in [0.15, 0.2) is 0 Å². The van der Waals surface area contributed by atoms with Crippen LogP contribution in [0.25, 0.3) is 0 Å². The van der Waals surface area contributed by atoms with Crippen LogP contribution >= 0.6 is 0 Å². The average Bonchev–Trinajstić information content (AvgIpc) is 2.27. The molecule has 0 fully saturated rings. The van der Waals surface area contributed by atoms with Crippen LogP contribution in [0.4, 0.5) is 0 Å². The standard InChI is InChI=1S/C18H33NO6/c1-16(2,3)23-13(20)10-12(15(22)25-18(7,8)9)19-11-14(21)24-17(4,5)6/h12,19H,10-11H2,1-9H3. The average molecular weight is 359 g/mol. The Balaban J connectivity index is 4.93. The smallest absolute Gasteiger partial charge is 0.324 e. The van der Waals surface area contributed by atoms with Crippen molar-refractivity contribution in [3.05, 3.63) is 0 Å². The van der Waals surface area contributed by atoms with Crippen molar-refractivity contribution in [3.8, 4) is 0 Å². The van der Waals surface area contributed by atoms with E-state index in [0.717, 1.165) is 0 Å². The number of carbonyl (C=O) groups is 3. The maximum Gasteiger partial charge on any atom is 0.324 e. The quantitative estimate of drug-likeness (QED) is 0.575. The van der Waals surface area contributed by atoms with Gasteiger partial charge in [0, 0.05) is 0 Å². The molecular weight excluding hydrogens is 326 g/mol. The minimum Gasteiger partial charge on any atom is -0.460 e. The number of carbonyl (C=O) groups excluding carboxylic acids is 3. The first kappa shape index (κ1) is 23.4. The fraction of sp³-hybridized carbons (Fsp3) is 0.833. The molecular formula is C18H33NO6. The van der Waals surface area contributed by atoms with Gasteiger partial charge in [0.2, 0.25) is 0 Å². The number of nitrogens with one attached hydrogen (secondary N) is 1. The lowest BCUT2D eigenvalue weighted by molar-refractivity contribution is -0.165. The fourth-order valence-corrected chi connectivity index (χ4v) is 1.75. The zero-order valence-electron chi connectivity index (χ0n) is 16.9. The van der Waals surface area contributed by atoms with Crippen molar-refractivity contribution >= 4 is 17.9 Å². The van der Waals surface area contributed by atoms with Gasteiger partial charge in [-0.1, -0.05) is 0 Å². The monoisotopic (exact) mass is 359 g/mol. The molecule has 0 aliphatic carbocycles. The van der Waals surface area contributed by atoms with Crippen LogP contribution in [-0.2, 0) is 28.6 Å². The van der Waals surface area contributed by atoms with E-state index in [9.17, 15) is 14.4 Å². The molecule has 1 N–H and O–H groups in total. The van der Waals surface area contributed by atoms with Crippen LogP contribution in [0, 0.1) is 0 Å². The lowest BCUT2D eigenvalue weighted by Crippen LogP contribution is -2.46. The summed E-state index contributed by atoms with van der Waals surface area (Å²) < 4.78 is 15.7. The zero-order valence-corrected chi connectivity index (χ0v) is 16.9. The highest BCUT2D eigenvalue weighted by Gasteiger charge is 2.30. The Bertz CT molecular complexity index is 479. The van der Waals surface area contributed by atoms with Crippen LogP contribution in [0.5, 0.6) is 0 Å². The highest BCUT2D eigenvalue weighted by molar-refractivity contribution is 5.84. The largest absolute Gasteiger partial charge is 0.460 e. The van der Waals surface area contributed by atoms with E-state index in [-0.39, 0.29) is 13.0 Å². The van der Waals surface area contributed by atoms with Crippen LogP contribution < -0.4 is 5.32 Å². The first-order chi connectivity index (χ1) is 11.0. The Morgan fingerprint density at radius 3 is 1.52 bits per heavy atom. The second-order valence-corrected chi connectivity index (χ2v) is 8.84. The summed E-state index contributed by atoms with van der Waals surface area (Å²) in [5.41, 5.74) is -2.01. The number of hydrogen-bond acceptors (Lipinski definition) is 7. The molecule has 7 nitrogen and oxygen atoms in total. The normalized spacial score (nSPS) is 13.8. The summed E-state index contributed by atoms with van der Waals surface area (Å²) in [7, 11) is 0. The molecule has 0 spiro atoms. The molecule has 7 heteroatoms. The second kappa shape index (κ2) is 8.65.